The molecule has 1 fully saturated rings. The van der Waals surface area contributed by atoms with Crippen molar-refractivity contribution in [3.8, 4) is 0 Å². The van der Waals surface area contributed by atoms with Crippen LogP contribution >= 0.6 is 0 Å². The first-order chi connectivity index (χ1) is 8.83. The van der Waals surface area contributed by atoms with Crippen molar-refractivity contribution in [2.75, 3.05) is 0 Å². The molecule has 20 heavy (non-hydrogen) atoms. The summed E-state index contributed by atoms with van der Waals surface area (Å²) in [6.07, 6.45) is -5.77. The molecule has 1 N–H and O–H groups in total. The number of alkyl halides is 5. The van der Waals surface area contributed by atoms with E-state index in [1.807, 2.05) is 4.72 Å². The summed E-state index contributed by atoms with van der Waals surface area (Å²) in [6, 6.07) is -2.16. The minimum atomic E-state index is -4.70. The Bertz CT molecular complexity index is 329. The third-order valence-corrected chi connectivity index (χ3v) is 4.87. The second kappa shape index (κ2) is 5.96. The molecule has 0 aliphatic heterocycles. The maximum atomic E-state index is 13.3. The van der Waals surface area contributed by atoms with Gasteiger partial charge in [0.05, 0.1) is 0 Å². The second-order valence-electron chi connectivity index (χ2n) is 6.23. The average Bonchev–Trinajstić information content (AvgIpc) is 2.20. The van der Waals surface area contributed by atoms with Crippen LogP contribution < -0.4 is 4.72 Å². The van der Waals surface area contributed by atoms with E-state index in [0.29, 0.717) is 0 Å². The Kier molecular flexibility index (Phi) is 5.36. The molecule has 2 nitrogen and oxygen atoms in total. The normalized spacial score (nSPS) is 27.1. The molecule has 8 heteroatoms. The van der Waals surface area contributed by atoms with Crippen LogP contribution in [-0.2, 0) is 11.4 Å². The first-order valence-corrected chi connectivity index (χ1v) is 7.60. The van der Waals surface area contributed by atoms with E-state index in [2.05, 4.69) is 0 Å². The molecule has 0 aromatic heterocycles. The minimum absolute atomic E-state index is 0.0497. The standard InChI is InChI=1S/C12H20F5NOS/c1-10(2,3)20(19)18-9(12(15,16)17)8-5-4-6-11(13,14)7-8/h8-9,18H,4-7H2,1-3H3/t8?,9?,20-/m1/s1. The molecular formula is C12H20F5NOS. The third kappa shape index (κ3) is 5.04. The van der Waals surface area contributed by atoms with E-state index >= 15 is 0 Å². The van der Waals surface area contributed by atoms with E-state index in [9.17, 15) is 26.5 Å². The van der Waals surface area contributed by atoms with Crippen molar-refractivity contribution in [2.45, 2.75) is 69.3 Å². The van der Waals surface area contributed by atoms with Crippen LogP contribution in [0.4, 0.5) is 22.0 Å². The lowest BCUT2D eigenvalue weighted by atomic mass is 9.82. The maximum Gasteiger partial charge on any atom is 0.408 e. The van der Waals surface area contributed by atoms with Gasteiger partial charge in [0.1, 0.15) is 4.75 Å². The van der Waals surface area contributed by atoms with E-state index in [1.54, 1.807) is 0 Å². The average molecular weight is 321 g/mol. The van der Waals surface area contributed by atoms with Gasteiger partial charge in [0.25, 0.3) is 0 Å². The monoisotopic (exact) mass is 321 g/mol. The Labute approximate surface area is 118 Å². The van der Waals surface area contributed by atoms with Gasteiger partial charge in [-0.3, -0.25) is 0 Å². The van der Waals surface area contributed by atoms with E-state index in [1.165, 1.54) is 20.8 Å². The van der Waals surface area contributed by atoms with Gasteiger partial charge in [-0.05, 0) is 39.5 Å². The zero-order valence-electron chi connectivity index (χ0n) is 11.7. The highest BCUT2D eigenvalue weighted by molar-refractivity contribution is 7.90. The molecule has 1 rings (SSSR count). The second-order valence-corrected chi connectivity index (χ2v) is 8.23. The Morgan fingerprint density at radius 2 is 1.80 bits per heavy atom. The van der Waals surface area contributed by atoms with Crippen LogP contribution in [-0.4, -0.2) is 27.4 Å². The SMILES string of the molecule is CC(C)(C)[S@@+]([O-])NC(C1CCCC(F)(F)C1)C(F)(F)F. The van der Waals surface area contributed by atoms with Crippen LogP contribution in [0.5, 0.6) is 0 Å². The van der Waals surface area contributed by atoms with Gasteiger partial charge < -0.3 is 4.55 Å². The first-order valence-electron chi connectivity index (χ1n) is 6.45. The molecule has 0 aromatic rings. The highest BCUT2D eigenvalue weighted by Gasteiger charge is 2.52. The Morgan fingerprint density at radius 1 is 1.25 bits per heavy atom. The number of rotatable bonds is 3. The lowest BCUT2D eigenvalue weighted by molar-refractivity contribution is -0.175. The van der Waals surface area contributed by atoms with E-state index in [-0.39, 0.29) is 19.3 Å². The van der Waals surface area contributed by atoms with Crippen LogP contribution in [0.3, 0.4) is 0 Å². The highest BCUT2D eigenvalue weighted by atomic mass is 32.2. The Hall–Kier alpha value is -0.0800. The zero-order chi connectivity index (χ0) is 15.8. The van der Waals surface area contributed by atoms with Gasteiger partial charge in [0, 0.05) is 24.2 Å². The van der Waals surface area contributed by atoms with Crippen LogP contribution in [0, 0.1) is 5.92 Å². The van der Waals surface area contributed by atoms with Crippen molar-refractivity contribution in [2.24, 2.45) is 5.92 Å². The van der Waals surface area contributed by atoms with Gasteiger partial charge in [-0.25, -0.2) is 8.78 Å². The molecule has 1 saturated carbocycles. The van der Waals surface area contributed by atoms with E-state index < -0.39 is 46.6 Å². The lowest BCUT2D eigenvalue weighted by Crippen LogP contribution is -2.55. The molecule has 0 heterocycles. The number of halogens is 5. The highest BCUT2D eigenvalue weighted by Crippen LogP contribution is 2.42. The summed E-state index contributed by atoms with van der Waals surface area (Å²) in [5.41, 5.74) is 0. The van der Waals surface area contributed by atoms with Crippen molar-refractivity contribution >= 4 is 11.4 Å². The van der Waals surface area contributed by atoms with Gasteiger partial charge in [-0.15, -0.1) is 4.72 Å². The van der Waals surface area contributed by atoms with Gasteiger partial charge in [-0.1, -0.05) is 0 Å². The van der Waals surface area contributed by atoms with Gasteiger partial charge in [-0.2, -0.15) is 13.2 Å². The third-order valence-electron chi connectivity index (χ3n) is 3.29. The number of hydrogen-bond donors (Lipinski definition) is 1. The molecule has 0 aromatic carbocycles. The van der Waals surface area contributed by atoms with Gasteiger partial charge >= 0.3 is 6.18 Å². The summed E-state index contributed by atoms with van der Waals surface area (Å²) in [5.74, 6) is -4.32. The molecule has 3 atom stereocenters. The smallest absolute Gasteiger partial charge is 0.408 e. The minimum Gasteiger partial charge on any atom is -0.598 e. The Balaban J connectivity index is 2.85. The molecular weight excluding hydrogens is 301 g/mol. The number of hydrogen-bond acceptors (Lipinski definition) is 2. The van der Waals surface area contributed by atoms with E-state index in [0.717, 1.165) is 0 Å². The van der Waals surface area contributed by atoms with Gasteiger partial charge in [0.2, 0.25) is 5.92 Å². The van der Waals surface area contributed by atoms with Crippen molar-refractivity contribution < 1.29 is 26.5 Å². The van der Waals surface area contributed by atoms with Crippen molar-refractivity contribution in [3.05, 3.63) is 0 Å². The molecule has 2 unspecified atom stereocenters. The molecule has 0 radical (unpaired) electrons. The summed E-state index contributed by atoms with van der Waals surface area (Å²) in [6.45, 7) is 4.58. The lowest BCUT2D eigenvalue weighted by Gasteiger charge is -2.37. The van der Waals surface area contributed by atoms with Crippen LogP contribution in [0.2, 0.25) is 0 Å². The van der Waals surface area contributed by atoms with Crippen LogP contribution in [0.25, 0.3) is 0 Å². The predicted octanol–water partition coefficient (Wildman–Crippen LogP) is 3.79. The van der Waals surface area contributed by atoms with Crippen molar-refractivity contribution in [1.29, 1.82) is 0 Å². The molecule has 120 valence electrons. The van der Waals surface area contributed by atoms with Crippen LogP contribution in [0.15, 0.2) is 0 Å². The molecule has 0 spiro atoms. The fourth-order valence-corrected chi connectivity index (χ4v) is 3.13. The summed E-state index contributed by atoms with van der Waals surface area (Å²) >= 11 is -1.96. The predicted molar refractivity (Wildman–Crippen MR) is 67.8 cm³/mol. The fraction of sp³-hybridized carbons (Fsp3) is 1.00. The summed E-state index contributed by atoms with van der Waals surface area (Å²) in [7, 11) is 0. The Morgan fingerprint density at radius 3 is 2.20 bits per heavy atom. The summed E-state index contributed by atoms with van der Waals surface area (Å²) < 4.78 is 78.8. The van der Waals surface area contributed by atoms with Gasteiger partial charge in [0.15, 0.2) is 6.04 Å². The first kappa shape index (κ1) is 18.0. The topological polar surface area (TPSA) is 35.1 Å². The largest absolute Gasteiger partial charge is 0.598 e. The fourth-order valence-electron chi connectivity index (χ4n) is 2.22. The molecule has 0 saturated heterocycles. The molecule has 1 aliphatic rings. The molecule has 1 aliphatic carbocycles. The molecule has 0 bridgehead atoms. The summed E-state index contributed by atoms with van der Waals surface area (Å²) in [4.78, 5) is 0. The quantitative estimate of drug-likeness (QED) is 0.634. The maximum absolute atomic E-state index is 13.3. The molecule has 0 amide bonds. The van der Waals surface area contributed by atoms with Crippen molar-refractivity contribution in [1.82, 2.24) is 4.72 Å². The van der Waals surface area contributed by atoms with E-state index in [4.69, 9.17) is 0 Å². The van der Waals surface area contributed by atoms with Crippen LogP contribution in [0.1, 0.15) is 46.5 Å². The zero-order valence-corrected chi connectivity index (χ0v) is 12.5. The summed E-state index contributed by atoms with van der Waals surface area (Å²) in [5, 5.41) is 0. The number of nitrogens with one attached hydrogen (secondary N) is 1. The van der Waals surface area contributed by atoms with Crippen molar-refractivity contribution in [3.63, 3.8) is 0 Å².